The molecule has 7 rings (SSSR count). The van der Waals surface area contributed by atoms with Gasteiger partial charge in [0, 0.05) is 48.4 Å². The van der Waals surface area contributed by atoms with E-state index in [1.54, 1.807) is 54.5 Å². The monoisotopic (exact) mass is 762 g/mol. The number of rotatable bonds is 13. The van der Waals surface area contributed by atoms with Crippen molar-refractivity contribution in [2.24, 2.45) is 29.1 Å². The highest BCUT2D eigenvalue weighted by Crippen LogP contribution is 2.61. The summed E-state index contributed by atoms with van der Waals surface area (Å²) in [4.78, 5) is 35.7. The number of ether oxygens (including phenoxy) is 1. The normalized spacial score (nSPS) is 26.7. The molecule has 0 aromatic heterocycles. The lowest BCUT2D eigenvalue weighted by molar-refractivity contribution is -0.183. The maximum absolute atomic E-state index is 14.2. The highest BCUT2D eigenvalue weighted by molar-refractivity contribution is 7.89. The van der Waals surface area contributed by atoms with Gasteiger partial charge in [-0.3, -0.25) is 14.4 Å². The van der Waals surface area contributed by atoms with E-state index in [4.69, 9.17) is 9.57 Å². The fourth-order valence-electron chi connectivity index (χ4n) is 9.02. The van der Waals surface area contributed by atoms with Gasteiger partial charge < -0.3 is 25.2 Å². The van der Waals surface area contributed by atoms with Gasteiger partial charge >= 0.3 is 0 Å². The van der Waals surface area contributed by atoms with E-state index in [1.807, 2.05) is 43.3 Å². The van der Waals surface area contributed by atoms with Gasteiger partial charge in [-0.2, -0.15) is 5.06 Å². The summed E-state index contributed by atoms with van der Waals surface area (Å²) in [6.07, 6.45) is 0.326. The molecule has 3 aromatic carbocycles. The first-order valence-electron chi connectivity index (χ1n) is 18.6. The number of amides is 2. The second-order valence-corrected chi connectivity index (χ2v) is 17.8. The van der Waals surface area contributed by atoms with E-state index in [2.05, 4.69) is 30.8 Å². The number of aliphatic hydroxyl groups is 2. The lowest BCUT2D eigenvalue weighted by Crippen LogP contribution is -2.62. The Hall–Kier alpha value is -4.01. The van der Waals surface area contributed by atoms with Crippen LogP contribution < -0.4 is 19.7 Å². The second-order valence-electron chi connectivity index (χ2n) is 16.1. The van der Waals surface area contributed by atoms with Gasteiger partial charge in [-0.15, -0.1) is 0 Å². The number of nitrogens with zero attached hydrogens (tertiary/aromatic N) is 2. The van der Waals surface area contributed by atoms with Gasteiger partial charge in [0.2, 0.25) is 15.9 Å². The molecule has 4 N–H and O–H groups in total. The van der Waals surface area contributed by atoms with E-state index in [0.717, 1.165) is 6.42 Å². The zero-order valence-corrected chi connectivity index (χ0v) is 33.0. The van der Waals surface area contributed by atoms with Crippen LogP contribution in [0.1, 0.15) is 62.0 Å². The van der Waals surface area contributed by atoms with E-state index < -0.39 is 40.1 Å². The number of aliphatic hydroxyl groups excluding tert-OH is 2. The molecule has 4 fully saturated rings. The predicted octanol–water partition coefficient (Wildman–Crippen LogP) is 4.35. The third kappa shape index (κ3) is 7.88. The Labute approximate surface area is 318 Å². The number of sulfonamides is 1. The van der Waals surface area contributed by atoms with Crippen molar-refractivity contribution in [3.05, 3.63) is 83.4 Å². The second kappa shape index (κ2) is 15.6. The average Bonchev–Trinajstić information content (AvgIpc) is 3.50. The van der Waals surface area contributed by atoms with Crippen molar-refractivity contribution in [3.63, 3.8) is 0 Å². The molecule has 1 unspecified atom stereocenters. The molecule has 2 amide bonds. The van der Waals surface area contributed by atoms with Crippen LogP contribution in [0.2, 0.25) is 0 Å². The Morgan fingerprint density at radius 2 is 1.80 bits per heavy atom. The summed E-state index contributed by atoms with van der Waals surface area (Å²) in [6.45, 7) is 8.15. The number of methoxy groups -OCH3 is 1. The fraction of sp³-hybridized carbons (Fsp3) is 0.512. The van der Waals surface area contributed by atoms with Gasteiger partial charge in [-0.25, -0.2) is 13.1 Å². The zero-order chi connectivity index (χ0) is 39.1. The number of para-hydroxylation sites is 1. The van der Waals surface area contributed by atoms with Gasteiger partial charge in [0.1, 0.15) is 17.9 Å². The van der Waals surface area contributed by atoms with Crippen LogP contribution in [-0.2, 0) is 32.0 Å². The van der Waals surface area contributed by atoms with Crippen molar-refractivity contribution in [3.8, 4) is 16.9 Å². The first-order valence-corrected chi connectivity index (χ1v) is 20.3. The third-order valence-electron chi connectivity index (χ3n) is 12.1. The molecule has 1 heterocycles. The molecule has 54 heavy (non-hydrogen) atoms. The minimum Gasteiger partial charge on any atom is -0.496 e. The summed E-state index contributed by atoms with van der Waals surface area (Å²) in [5.41, 5.74) is 3.51. The molecular weight excluding hydrogens is 709 g/mol. The Bertz CT molecular complexity index is 1950. The number of nitrogens with one attached hydrogen (secondary N) is 2. The number of hydrogen-bond donors (Lipinski definition) is 4. The number of fused-ring (bicyclic) bond motifs is 2. The lowest BCUT2D eigenvalue weighted by Gasteiger charge is -2.62. The number of hydroxylamine groups is 2. The smallest absolute Gasteiger partial charge is 0.264 e. The molecule has 1 aliphatic heterocycles. The largest absolute Gasteiger partial charge is 0.496 e. The molecular formula is C41H54N4O8S. The SMILES string of the molecule is COc1c(CN2O[C@@H](CO)[C@@H]([C@H](C)O)C2C(=O)N[C@H]2C[C@H]3C[C@@H]([C@@H]2C)C3(C)C)cccc1-c1cc(C(=O)NS(=O)(=O)Cc2ccccc2)cc(N(C)C)c1. The molecule has 12 nitrogen and oxygen atoms in total. The molecule has 1 saturated heterocycles. The minimum atomic E-state index is -4.00. The van der Waals surface area contributed by atoms with Crippen LogP contribution in [0.5, 0.6) is 5.75 Å². The summed E-state index contributed by atoms with van der Waals surface area (Å²) < 4.78 is 34.2. The van der Waals surface area contributed by atoms with Crippen molar-refractivity contribution in [1.29, 1.82) is 0 Å². The summed E-state index contributed by atoms with van der Waals surface area (Å²) in [7, 11) is 1.18. The number of benzene rings is 3. The average molecular weight is 763 g/mol. The van der Waals surface area contributed by atoms with Crippen molar-refractivity contribution in [2.75, 3.05) is 32.7 Å². The lowest BCUT2D eigenvalue weighted by atomic mass is 9.45. The van der Waals surface area contributed by atoms with E-state index in [1.165, 1.54) is 13.5 Å². The highest BCUT2D eigenvalue weighted by Gasteiger charge is 2.57. The topological polar surface area (TPSA) is 158 Å². The summed E-state index contributed by atoms with van der Waals surface area (Å²) in [5.74, 6) is -0.224. The molecule has 3 saturated carbocycles. The van der Waals surface area contributed by atoms with E-state index >= 15 is 0 Å². The van der Waals surface area contributed by atoms with Gasteiger partial charge in [-0.1, -0.05) is 69.3 Å². The molecule has 13 heteroatoms. The maximum atomic E-state index is 14.2. The minimum absolute atomic E-state index is 0.000472. The van der Waals surface area contributed by atoms with Crippen LogP contribution in [0, 0.1) is 29.1 Å². The summed E-state index contributed by atoms with van der Waals surface area (Å²) >= 11 is 0. The van der Waals surface area contributed by atoms with Crippen molar-refractivity contribution >= 4 is 27.5 Å². The van der Waals surface area contributed by atoms with E-state index in [-0.39, 0.29) is 41.8 Å². The van der Waals surface area contributed by atoms with E-state index in [9.17, 15) is 28.2 Å². The number of hydrogen-bond acceptors (Lipinski definition) is 10. The first-order chi connectivity index (χ1) is 25.5. The highest BCUT2D eigenvalue weighted by atomic mass is 32.2. The van der Waals surface area contributed by atoms with Gasteiger partial charge in [-0.05, 0) is 72.3 Å². The van der Waals surface area contributed by atoms with Crippen LogP contribution in [0.4, 0.5) is 5.69 Å². The Morgan fingerprint density at radius 1 is 1.07 bits per heavy atom. The van der Waals surface area contributed by atoms with Gasteiger partial charge in [0.05, 0.1) is 32.1 Å². The quantitative estimate of drug-likeness (QED) is 0.198. The van der Waals surface area contributed by atoms with Crippen LogP contribution in [0.15, 0.2) is 66.7 Å². The molecule has 0 radical (unpaired) electrons. The van der Waals surface area contributed by atoms with Crippen molar-refractivity contribution in [2.45, 2.75) is 77.1 Å². The van der Waals surface area contributed by atoms with Crippen LogP contribution in [0.3, 0.4) is 0 Å². The van der Waals surface area contributed by atoms with Gasteiger partial charge in [0.15, 0.2) is 0 Å². The standard InChI is InChI=1S/C41H54N4O8S/c1-24-33-19-30(41(33,3)4)20-34(24)42-40(49)37-36(25(2)47)35(22-46)53-45(37)21-27-14-11-15-32(38(27)52-7)28-16-29(18-31(17-28)44(5)6)39(48)43-54(50,51)23-26-12-9-8-10-13-26/h8-18,24-25,30,33-37,46-47H,19-23H2,1-7H3,(H,42,49)(H,43,48)/t24-,25-,30+,33-,34-,35-,36+,37?/m0/s1. The van der Waals surface area contributed by atoms with Crippen molar-refractivity contribution < 1.29 is 37.8 Å². The van der Waals surface area contributed by atoms with Crippen LogP contribution >= 0.6 is 0 Å². The van der Waals surface area contributed by atoms with Crippen LogP contribution in [-0.4, -0.2) is 87.6 Å². The molecule has 0 spiro atoms. The summed E-state index contributed by atoms with van der Waals surface area (Å²) in [5, 5.41) is 26.1. The van der Waals surface area contributed by atoms with Crippen LogP contribution in [0.25, 0.3) is 11.1 Å². The van der Waals surface area contributed by atoms with E-state index in [0.29, 0.717) is 51.4 Å². The van der Waals surface area contributed by atoms with Crippen molar-refractivity contribution in [1.82, 2.24) is 15.1 Å². The fourth-order valence-corrected chi connectivity index (χ4v) is 10.1. The molecule has 292 valence electrons. The van der Waals surface area contributed by atoms with Gasteiger partial charge in [0.25, 0.3) is 5.91 Å². The number of anilines is 1. The molecule has 2 bridgehead atoms. The number of carbonyl (C=O) groups is 2. The molecule has 8 atom stereocenters. The Kier molecular flexibility index (Phi) is 11.5. The molecule has 3 aromatic rings. The Morgan fingerprint density at radius 3 is 2.41 bits per heavy atom. The third-order valence-corrected chi connectivity index (χ3v) is 13.4. The Balaban J connectivity index is 1.29. The first kappa shape index (κ1) is 39.7. The molecule has 3 aliphatic carbocycles. The molecule has 4 aliphatic rings. The maximum Gasteiger partial charge on any atom is 0.264 e. The number of carbonyl (C=O) groups excluding carboxylic acids is 2. The zero-order valence-electron chi connectivity index (χ0n) is 32.2. The predicted molar refractivity (Wildman–Crippen MR) is 207 cm³/mol. The summed E-state index contributed by atoms with van der Waals surface area (Å²) in [6, 6.07) is 18.4.